The average Bonchev–Trinajstić information content (AvgIpc) is 1.95. The topological polar surface area (TPSA) is 26.0 Å². The lowest BCUT2D eigenvalue weighted by atomic mass is 10.0. The number of allylic oxidation sites excluding steroid dienone is 3. The summed E-state index contributed by atoms with van der Waals surface area (Å²) < 4.78 is 12.5. The van der Waals surface area contributed by atoms with Crippen molar-refractivity contribution in [2.75, 3.05) is 6.54 Å². The molecule has 0 fully saturated rings. The van der Waals surface area contributed by atoms with Crippen LogP contribution in [0.1, 0.15) is 12.8 Å². The molecule has 0 aromatic carbocycles. The van der Waals surface area contributed by atoms with Gasteiger partial charge in [-0.25, -0.2) is 4.39 Å². The van der Waals surface area contributed by atoms with Crippen LogP contribution in [0.5, 0.6) is 0 Å². The van der Waals surface area contributed by atoms with Gasteiger partial charge in [0, 0.05) is 13.0 Å². The Morgan fingerprint density at radius 1 is 1.60 bits per heavy atom. The molecule has 0 aromatic heterocycles. The Hall–Kier alpha value is -0.340. The van der Waals surface area contributed by atoms with Gasteiger partial charge in [-0.15, -0.1) is 0 Å². The van der Waals surface area contributed by atoms with Crippen LogP contribution in [0.2, 0.25) is 0 Å². The van der Waals surface area contributed by atoms with Gasteiger partial charge in [-0.1, -0.05) is 17.2 Å². The van der Waals surface area contributed by atoms with Gasteiger partial charge in [-0.05, 0) is 12.5 Å². The van der Waals surface area contributed by atoms with Crippen LogP contribution in [-0.4, -0.2) is 6.54 Å². The Bertz CT molecular complexity index is 196. The van der Waals surface area contributed by atoms with E-state index in [0.717, 1.165) is 5.57 Å². The van der Waals surface area contributed by atoms with Crippen molar-refractivity contribution in [3.63, 3.8) is 0 Å². The molecule has 0 atom stereocenters. The smallest absolute Gasteiger partial charge is 0.119 e. The standard InChI is InChI=1S/C7H9ClFN/c8-6-3-5(4-10)1-2-7(6)9/h3H,1-2,4,10H2. The predicted octanol–water partition coefficient (Wildman–Crippen LogP) is 2.09. The molecule has 0 bridgehead atoms. The summed E-state index contributed by atoms with van der Waals surface area (Å²) in [6.07, 6.45) is 2.72. The number of rotatable bonds is 1. The van der Waals surface area contributed by atoms with Crippen LogP contribution in [0.4, 0.5) is 4.39 Å². The van der Waals surface area contributed by atoms with Gasteiger partial charge < -0.3 is 5.73 Å². The quantitative estimate of drug-likeness (QED) is 0.626. The first kappa shape index (κ1) is 7.76. The second kappa shape index (κ2) is 3.17. The van der Waals surface area contributed by atoms with Gasteiger partial charge in [0.2, 0.25) is 0 Å². The molecule has 56 valence electrons. The van der Waals surface area contributed by atoms with E-state index in [0.29, 0.717) is 19.4 Å². The number of halogens is 2. The Morgan fingerprint density at radius 2 is 2.30 bits per heavy atom. The van der Waals surface area contributed by atoms with Crippen LogP contribution in [0.3, 0.4) is 0 Å². The van der Waals surface area contributed by atoms with Crippen LogP contribution in [0, 0.1) is 0 Å². The lowest BCUT2D eigenvalue weighted by Crippen LogP contribution is -2.05. The van der Waals surface area contributed by atoms with Gasteiger partial charge in [0.05, 0.1) is 5.03 Å². The highest BCUT2D eigenvalue weighted by atomic mass is 35.5. The Kier molecular flexibility index (Phi) is 2.46. The maximum atomic E-state index is 12.5. The van der Waals surface area contributed by atoms with E-state index in [-0.39, 0.29) is 10.9 Å². The molecule has 0 aliphatic heterocycles. The first-order valence-electron chi connectivity index (χ1n) is 3.17. The summed E-state index contributed by atoms with van der Waals surface area (Å²) in [6, 6.07) is 0. The molecule has 1 nitrogen and oxygen atoms in total. The molecule has 0 saturated heterocycles. The van der Waals surface area contributed by atoms with E-state index >= 15 is 0 Å². The van der Waals surface area contributed by atoms with Crippen molar-refractivity contribution in [3.05, 3.63) is 22.5 Å². The zero-order valence-corrected chi connectivity index (χ0v) is 6.29. The molecule has 3 heteroatoms. The van der Waals surface area contributed by atoms with Gasteiger partial charge in [-0.3, -0.25) is 0 Å². The zero-order valence-electron chi connectivity index (χ0n) is 5.53. The molecule has 2 N–H and O–H groups in total. The molecule has 0 spiro atoms. The van der Waals surface area contributed by atoms with Crippen molar-refractivity contribution in [2.24, 2.45) is 5.73 Å². The summed E-state index contributed by atoms with van der Waals surface area (Å²) in [5, 5.41) is 0.215. The Labute approximate surface area is 64.4 Å². The molecular weight excluding hydrogens is 153 g/mol. The van der Waals surface area contributed by atoms with Crippen LogP contribution in [0.25, 0.3) is 0 Å². The van der Waals surface area contributed by atoms with E-state index in [4.69, 9.17) is 17.3 Å². The summed E-state index contributed by atoms with van der Waals surface area (Å²) >= 11 is 5.51. The van der Waals surface area contributed by atoms with Gasteiger partial charge in [0.25, 0.3) is 0 Å². The second-order valence-corrected chi connectivity index (χ2v) is 2.67. The second-order valence-electron chi connectivity index (χ2n) is 2.26. The third-order valence-corrected chi connectivity index (χ3v) is 1.83. The van der Waals surface area contributed by atoms with Crippen LogP contribution in [-0.2, 0) is 0 Å². The molecular formula is C7H9ClFN. The molecule has 0 radical (unpaired) electrons. The maximum Gasteiger partial charge on any atom is 0.119 e. The highest BCUT2D eigenvalue weighted by Crippen LogP contribution is 2.26. The monoisotopic (exact) mass is 161 g/mol. The summed E-state index contributed by atoms with van der Waals surface area (Å²) in [5.41, 5.74) is 6.36. The highest BCUT2D eigenvalue weighted by molar-refractivity contribution is 6.31. The molecule has 1 rings (SSSR count). The number of hydrogen-bond acceptors (Lipinski definition) is 1. The minimum Gasteiger partial charge on any atom is -0.327 e. The number of hydrogen-bond donors (Lipinski definition) is 1. The van der Waals surface area contributed by atoms with Crippen LogP contribution < -0.4 is 5.73 Å². The number of nitrogens with two attached hydrogens (primary N) is 1. The first-order chi connectivity index (χ1) is 4.74. The van der Waals surface area contributed by atoms with E-state index in [1.54, 1.807) is 6.08 Å². The summed E-state index contributed by atoms with van der Waals surface area (Å²) in [6.45, 7) is 0.476. The van der Waals surface area contributed by atoms with Crippen molar-refractivity contribution >= 4 is 11.6 Å². The highest BCUT2D eigenvalue weighted by Gasteiger charge is 2.09. The zero-order chi connectivity index (χ0) is 7.56. The summed E-state index contributed by atoms with van der Waals surface area (Å²) in [4.78, 5) is 0. The van der Waals surface area contributed by atoms with Crippen molar-refractivity contribution in [1.82, 2.24) is 0 Å². The minimum absolute atomic E-state index is 0.215. The fourth-order valence-electron chi connectivity index (χ4n) is 0.880. The lowest BCUT2D eigenvalue weighted by Gasteiger charge is -2.09. The maximum absolute atomic E-state index is 12.5. The van der Waals surface area contributed by atoms with E-state index in [1.165, 1.54) is 0 Å². The van der Waals surface area contributed by atoms with E-state index in [1.807, 2.05) is 0 Å². The molecule has 0 aromatic rings. The van der Waals surface area contributed by atoms with E-state index in [9.17, 15) is 4.39 Å². The third kappa shape index (κ3) is 1.58. The molecule has 10 heavy (non-hydrogen) atoms. The van der Waals surface area contributed by atoms with Crippen molar-refractivity contribution in [1.29, 1.82) is 0 Å². The Balaban J connectivity index is 2.76. The molecule has 1 aliphatic carbocycles. The molecule has 0 heterocycles. The lowest BCUT2D eigenvalue weighted by molar-refractivity contribution is 0.577. The van der Waals surface area contributed by atoms with Gasteiger partial charge >= 0.3 is 0 Å². The fourth-order valence-corrected chi connectivity index (χ4v) is 1.13. The normalized spacial score (nSPS) is 19.3. The SMILES string of the molecule is NCC1=CC(Cl)=C(F)CC1. The van der Waals surface area contributed by atoms with Gasteiger partial charge in [0.15, 0.2) is 0 Å². The fraction of sp³-hybridized carbons (Fsp3) is 0.429. The van der Waals surface area contributed by atoms with Gasteiger partial charge in [-0.2, -0.15) is 0 Å². The molecule has 1 aliphatic rings. The average molecular weight is 162 g/mol. The van der Waals surface area contributed by atoms with Crippen molar-refractivity contribution < 1.29 is 4.39 Å². The van der Waals surface area contributed by atoms with Crippen LogP contribution >= 0.6 is 11.6 Å². The Morgan fingerprint density at radius 3 is 2.80 bits per heavy atom. The van der Waals surface area contributed by atoms with E-state index in [2.05, 4.69) is 0 Å². The molecule has 0 amide bonds. The minimum atomic E-state index is -0.223. The van der Waals surface area contributed by atoms with Gasteiger partial charge in [0.1, 0.15) is 5.83 Å². The van der Waals surface area contributed by atoms with Crippen molar-refractivity contribution in [3.8, 4) is 0 Å². The van der Waals surface area contributed by atoms with E-state index < -0.39 is 0 Å². The third-order valence-electron chi connectivity index (χ3n) is 1.52. The van der Waals surface area contributed by atoms with Crippen LogP contribution in [0.15, 0.2) is 22.5 Å². The largest absolute Gasteiger partial charge is 0.327 e. The molecule has 0 unspecified atom stereocenters. The summed E-state index contributed by atoms with van der Waals surface area (Å²) in [7, 11) is 0. The predicted molar refractivity (Wildman–Crippen MR) is 40.4 cm³/mol. The summed E-state index contributed by atoms with van der Waals surface area (Å²) in [5.74, 6) is -0.223. The van der Waals surface area contributed by atoms with Crippen molar-refractivity contribution in [2.45, 2.75) is 12.8 Å². The molecule has 0 saturated carbocycles. The first-order valence-corrected chi connectivity index (χ1v) is 3.55.